The van der Waals surface area contributed by atoms with E-state index in [1.165, 1.54) is 34.0 Å². The van der Waals surface area contributed by atoms with Crippen molar-refractivity contribution in [3.8, 4) is 5.75 Å². The number of thioether (sulfide) groups is 1. The second-order valence-corrected chi connectivity index (χ2v) is 13.2. The van der Waals surface area contributed by atoms with Gasteiger partial charge in [0, 0.05) is 41.4 Å². The van der Waals surface area contributed by atoms with Gasteiger partial charge in [-0.1, -0.05) is 38.1 Å². The second kappa shape index (κ2) is 12.0. The van der Waals surface area contributed by atoms with E-state index in [0.717, 1.165) is 48.3 Å². The Morgan fingerprint density at radius 2 is 1.88 bits per heavy atom. The van der Waals surface area contributed by atoms with Crippen LogP contribution in [0.1, 0.15) is 63.1 Å². The number of ether oxygens (including phenoxy) is 1. The van der Waals surface area contributed by atoms with E-state index in [1.54, 1.807) is 7.11 Å². The van der Waals surface area contributed by atoms with E-state index in [2.05, 4.69) is 74.0 Å². The summed E-state index contributed by atoms with van der Waals surface area (Å²) in [7, 11) is 1.65. The molecular weight excluding hydrogens is 552 g/mol. The molecule has 1 atom stereocenters. The van der Waals surface area contributed by atoms with Crippen molar-refractivity contribution in [2.45, 2.75) is 58.4 Å². The number of nitrogens with zero attached hydrogens (tertiary/aromatic N) is 3. The van der Waals surface area contributed by atoms with Gasteiger partial charge in [0.05, 0.1) is 17.7 Å². The van der Waals surface area contributed by atoms with Crippen LogP contribution < -0.4 is 9.64 Å². The number of para-hydroxylation sites is 1. The number of rotatable bonds is 8. The van der Waals surface area contributed by atoms with E-state index in [-0.39, 0.29) is 11.4 Å². The molecule has 0 saturated carbocycles. The summed E-state index contributed by atoms with van der Waals surface area (Å²) in [6, 6.07) is 22.6. The summed E-state index contributed by atoms with van der Waals surface area (Å²) in [6.07, 6.45) is 7.03. The van der Waals surface area contributed by atoms with Crippen molar-refractivity contribution in [1.82, 2.24) is 9.88 Å². The molecule has 3 heterocycles. The van der Waals surface area contributed by atoms with Crippen LogP contribution in [0.2, 0.25) is 0 Å². The average Bonchev–Trinajstić information content (AvgIpc) is 3.54. The first kappa shape index (κ1) is 29.1. The zero-order valence-corrected chi connectivity index (χ0v) is 26.5. The lowest BCUT2D eigenvalue weighted by Gasteiger charge is -2.47. The Kier molecular flexibility index (Phi) is 8.10. The highest BCUT2D eigenvalue weighted by molar-refractivity contribution is 8.18. The molecule has 0 radical (unpaired) electrons. The molecule has 6 rings (SSSR count). The zero-order valence-electron chi connectivity index (χ0n) is 25.7. The molecule has 4 aromatic rings. The van der Waals surface area contributed by atoms with Gasteiger partial charge in [-0.25, -0.2) is 4.99 Å². The van der Waals surface area contributed by atoms with Crippen LogP contribution >= 0.6 is 11.8 Å². The van der Waals surface area contributed by atoms with Crippen molar-refractivity contribution in [1.29, 1.82) is 0 Å². The number of H-pyrrole nitrogens is 1. The maximum absolute atomic E-state index is 13.9. The van der Waals surface area contributed by atoms with Gasteiger partial charge in [-0.05, 0) is 116 Å². The number of nitrogens with one attached hydrogen (secondary N) is 1. The zero-order chi connectivity index (χ0) is 30.1. The summed E-state index contributed by atoms with van der Waals surface area (Å²) in [5.41, 5.74) is 6.95. The lowest BCUT2D eigenvalue weighted by molar-refractivity contribution is -0.122. The summed E-state index contributed by atoms with van der Waals surface area (Å²) >= 11 is 1.45. The number of aromatic amines is 1. The minimum absolute atomic E-state index is 0.00313. The second-order valence-electron chi connectivity index (χ2n) is 12.2. The Labute approximate surface area is 258 Å². The maximum Gasteiger partial charge on any atom is 0.266 e. The molecule has 1 N–H and O–H groups in total. The highest BCUT2D eigenvalue weighted by atomic mass is 32.2. The van der Waals surface area contributed by atoms with Gasteiger partial charge >= 0.3 is 0 Å². The molecule has 1 fully saturated rings. The highest BCUT2D eigenvalue weighted by Gasteiger charge is 2.36. The Morgan fingerprint density at radius 3 is 2.65 bits per heavy atom. The van der Waals surface area contributed by atoms with Crippen molar-refractivity contribution in [3.05, 3.63) is 94.5 Å². The van der Waals surface area contributed by atoms with E-state index in [0.29, 0.717) is 22.5 Å². The van der Waals surface area contributed by atoms with Crippen LogP contribution in [0.15, 0.2) is 82.8 Å². The molecule has 2 aliphatic rings. The first-order chi connectivity index (χ1) is 20.8. The SMILES string of the molecule is CCCN1c2ccc(/C=C3/SC(=Nc4ccc(OC)cc4)N(CCc4c[nH]c5ccccc45)C3=O)cc2C(C)CC1(C)C. The van der Waals surface area contributed by atoms with E-state index in [9.17, 15) is 4.79 Å². The summed E-state index contributed by atoms with van der Waals surface area (Å²) in [4.78, 5) is 27.3. The molecule has 43 heavy (non-hydrogen) atoms. The van der Waals surface area contributed by atoms with Gasteiger partial charge in [0.2, 0.25) is 0 Å². The summed E-state index contributed by atoms with van der Waals surface area (Å²) in [5, 5.41) is 1.89. The molecule has 1 unspecified atom stereocenters. The number of benzene rings is 3. The fraction of sp³-hybridized carbons (Fsp3) is 0.333. The number of carbonyl (C=O) groups excluding carboxylic acids is 1. The topological polar surface area (TPSA) is 60.9 Å². The van der Waals surface area contributed by atoms with Gasteiger partial charge in [-0.2, -0.15) is 0 Å². The van der Waals surface area contributed by atoms with Crippen molar-refractivity contribution >= 4 is 51.2 Å². The first-order valence-corrected chi connectivity index (χ1v) is 16.0. The predicted molar refractivity (Wildman–Crippen MR) is 181 cm³/mol. The van der Waals surface area contributed by atoms with Crippen molar-refractivity contribution in [3.63, 3.8) is 0 Å². The van der Waals surface area contributed by atoms with Crippen LogP contribution in [-0.4, -0.2) is 46.7 Å². The lowest BCUT2D eigenvalue weighted by atomic mass is 9.79. The number of anilines is 1. The number of carbonyl (C=O) groups is 1. The maximum atomic E-state index is 13.9. The van der Waals surface area contributed by atoms with Crippen LogP contribution in [0.5, 0.6) is 5.75 Å². The molecular formula is C36H40N4O2S. The first-order valence-electron chi connectivity index (χ1n) is 15.2. The van der Waals surface area contributed by atoms with E-state index < -0.39 is 0 Å². The molecule has 0 bridgehead atoms. The van der Waals surface area contributed by atoms with Gasteiger partial charge in [-0.3, -0.25) is 9.69 Å². The van der Waals surface area contributed by atoms with Crippen molar-refractivity contribution in [2.75, 3.05) is 25.1 Å². The summed E-state index contributed by atoms with van der Waals surface area (Å²) < 4.78 is 5.32. The molecule has 222 valence electrons. The third-order valence-electron chi connectivity index (χ3n) is 8.62. The number of aliphatic imine (C=N–C) groups is 1. The number of fused-ring (bicyclic) bond motifs is 2. The Hall–Kier alpha value is -3.97. The van der Waals surface area contributed by atoms with Gasteiger partial charge < -0.3 is 14.6 Å². The van der Waals surface area contributed by atoms with Gasteiger partial charge in [0.1, 0.15) is 5.75 Å². The minimum atomic E-state index is -0.00313. The van der Waals surface area contributed by atoms with Gasteiger partial charge in [0.15, 0.2) is 5.17 Å². The van der Waals surface area contributed by atoms with Crippen LogP contribution in [0.25, 0.3) is 17.0 Å². The third-order valence-corrected chi connectivity index (χ3v) is 9.63. The van der Waals surface area contributed by atoms with E-state index in [1.807, 2.05) is 47.5 Å². The molecule has 0 spiro atoms. The number of hydrogen-bond acceptors (Lipinski definition) is 5. The quantitative estimate of drug-likeness (QED) is 0.208. The number of hydrogen-bond donors (Lipinski definition) is 1. The van der Waals surface area contributed by atoms with Crippen LogP contribution in [0, 0.1) is 0 Å². The van der Waals surface area contributed by atoms with E-state index in [4.69, 9.17) is 9.73 Å². The summed E-state index contributed by atoms with van der Waals surface area (Å²) in [5.74, 6) is 1.22. The van der Waals surface area contributed by atoms with E-state index >= 15 is 0 Å². The molecule has 2 aliphatic heterocycles. The smallest absolute Gasteiger partial charge is 0.266 e. The Morgan fingerprint density at radius 1 is 1.09 bits per heavy atom. The Bertz CT molecular complexity index is 1700. The predicted octanol–water partition coefficient (Wildman–Crippen LogP) is 8.53. The number of methoxy groups -OCH3 is 1. The standard InChI is InChI=1S/C36H40N4O2S/c1-6-18-40-32-16-11-25(20-30(32)24(2)22-36(40,3)4)21-33-34(41)39(19-17-26-23-37-31-10-8-7-9-29(26)31)35(43-33)38-27-12-14-28(42-5)15-13-27/h7-16,20-21,23-24,37H,6,17-19,22H2,1-5H3/b33-21+,38-35?. The molecule has 1 aromatic heterocycles. The van der Waals surface area contributed by atoms with Crippen LogP contribution in [0.4, 0.5) is 11.4 Å². The normalized spacial score (nSPS) is 19.9. The van der Waals surface area contributed by atoms with Gasteiger partial charge in [-0.15, -0.1) is 0 Å². The van der Waals surface area contributed by atoms with Gasteiger partial charge in [0.25, 0.3) is 5.91 Å². The Balaban J connectivity index is 1.32. The molecule has 7 heteroatoms. The molecule has 0 aliphatic carbocycles. The fourth-order valence-corrected chi connectivity index (χ4v) is 7.55. The molecule has 6 nitrogen and oxygen atoms in total. The van der Waals surface area contributed by atoms with Crippen LogP contribution in [0.3, 0.4) is 0 Å². The highest BCUT2D eigenvalue weighted by Crippen LogP contribution is 2.44. The number of amides is 1. The largest absolute Gasteiger partial charge is 0.497 e. The summed E-state index contributed by atoms with van der Waals surface area (Å²) in [6.45, 7) is 10.8. The number of amidine groups is 1. The number of aromatic nitrogens is 1. The fourth-order valence-electron chi connectivity index (χ4n) is 6.52. The third kappa shape index (κ3) is 5.83. The minimum Gasteiger partial charge on any atom is -0.497 e. The van der Waals surface area contributed by atoms with Crippen molar-refractivity contribution < 1.29 is 9.53 Å². The average molecular weight is 593 g/mol. The molecule has 3 aromatic carbocycles. The monoisotopic (exact) mass is 592 g/mol. The lowest BCUT2D eigenvalue weighted by Crippen LogP contribution is -2.48. The molecule has 1 amide bonds. The van der Waals surface area contributed by atoms with Crippen LogP contribution in [-0.2, 0) is 11.2 Å². The molecule has 1 saturated heterocycles. The van der Waals surface area contributed by atoms with Crippen molar-refractivity contribution in [2.24, 2.45) is 4.99 Å².